The fourth-order valence-electron chi connectivity index (χ4n) is 0.722. The summed E-state index contributed by atoms with van der Waals surface area (Å²) in [6.07, 6.45) is 0.695. The largest absolute Gasteiger partial charge is 0.322 e. The van der Waals surface area contributed by atoms with Crippen LogP contribution in [0.25, 0.3) is 0 Å². The minimum Gasteiger partial charge on any atom is -0.322 e. The number of nitrogens with two attached hydrogens (primary N) is 1. The Labute approximate surface area is 70.5 Å². The van der Waals surface area contributed by atoms with Crippen LogP contribution in [0.3, 0.4) is 0 Å². The highest BCUT2D eigenvalue weighted by molar-refractivity contribution is 7.07. The van der Waals surface area contributed by atoms with Gasteiger partial charge in [0.1, 0.15) is 0 Å². The van der Waals surface area contributed by atoms with Crippen molar-refractivity contribution in [2.45, 2.75) is 19.4 Å². The van der Waals surface area contributed by atoms with Gasteiger partial charge in [-0.25, -0.2) is 4.98 Å². The standard InChI is InChI=1S/C8H10N2S/c1-2-3-4-7(9)8-5-11-6-10-8/h5-7H,4,9H2,1H3. The molecule has 2 nitrogen and oxygen atoms in total. The molecule has 0 bridgehead atoms. The molecule has 0 amide bonds. The molecule has 11 heavy (non-hydrogen) atoms. The summed E-state index contributed by atoms with van der Waals surface area (Å²) in [7, 11) is 0. The molecule has 1 atom stereocenters. The third-order valence-electron chi connectivity index (χ3n) is 1.33. The van der Waals surface area contributed by atoms with Crippen molar-refractivity contribution in [3.8, 4) is 11.8 Å². The van der Waals surface area contributed by atoms with Gasteiger partial charge in [-0.2, -0.15) is 0 Å². The highest BCUT2D eigenvalue weighted by atomic mass is 32.1. The number of hydrogen-bond donors (Lipinski definition) is 1. The fourth-order valence-corrected chi connectivity index (χ4v) is 1.34. The second-order valence-corrected chi connectivity index (χ2v) is 2.87. The number of rotatable bonds is 2. The summed E-state index contributed by atoms with van der Waals surface area (Å²) in [5.41, 5.74) is 8.50. The average Bonchev–Trinajstić information content (AvgIpc) is 2.52. The molecule has 2 N–H and O–H groups in total. The van der Waals surface area contributed by atoms with Crippen molar-refractivity contribution in [2.75, 3.05) is 0 Å². The maximum absolute atomic E-state index is 5.77. The Balaban J connectivity index is 2.53. The monoisotopic (exact) mass is 166 g/mol. The summed E-state index contributed by atoms with van der Waals surface area (Å²) < 4.78 is 0. The Bertz CT molecular complexity index is 255. The maximum Gasteiger partial charge on any atom is 0.0795 e. The molecule has 1 aromatic heterocycles. The lowest BCUT2D eigenvalue weighted by Gasteiger charge is -2.01. The topological polar surface area (TPSA) is 38.9 Å². The third-order valence-corrected chi connectivity index (χ3v) is 1.93. The van der Waals surface area contributed by atoms with E-state index < -0.39 is 0 Å². The van der Waals surface area contributed by atoms with E-state index in [9.17, 15) is 0 Å². The third kappa shape index (κ3) is 2.34. The normalized spacial score (nSPS) is 11.8. The lowest BCUT2D eigenvalue weighted by molar-refractivity contribution is 0.731. The molecular formula is C8H10N2S. The molecule has 0 spiro atoms. The van der Waals surface area contributed by atoms with Gasteiger partial charge in [-0.1, -0.05) is 0 Å². The summed E-state index contributed by atoms with van der Waals surface area (Å²) in [6.45, 7) is 1.81. The smallest absolute Gasteiger partial charge is 0.0795 e. The van der Waals surface area contributed by atoms with Crippen LogP contribution in [0.4, 0.5) is 0 Å². The van der Waals surface area contributed by atoms with Crippen LogP contribution in [0.1, 0.15) is 25.1 Å². The number of hydrogen-bond acceptors (Lipinski definition) is 3. The maximum atomic E-state index is 5.77. The molecule has 0 radical (unpaired) electrons. The molecule has 1 aromatic rings. The van der Waals surface area contributed by atoms with Gasteiger partial charge >= 0.3 is 0 Å². The van der Waals surface area contributed by atoms with Crippen molar-refractivity contribution < 1.29 is 0 Å². The second-order valence-electron chi connectivity index (χ2n) is 2.15. The highest BCUT2D eigenvalue weighted by Gasteiger charge is 2.04. The van der Waals surface area contributed by atoms with E-state index in [2.05, 4.69) is 16.8 Å². The Morgan fingerprint density at radius 1 is 1.82 bits per heavy atom. The van der Waals surface area contributed by atoms with E-state index in [1.165, 1.54) is 0 Å². The Morgan fingerprint density at radius 2 is 2.64 bits per heavy atom. The SMILES string of the molecule is CC#CCC(N)c1cscn1. The first-order valence-corrected chi connectivity index (χ1v) is 4.32. The Hall–Kier alpha value is -0.850. The van der Waals surface area contributed by atoms with Gasteiger partial charge in [0.25, 0.3) is 0 Å². The second kappa shape index (κ2) is 4.12. The van der Waals surface area contributed by atoms with Gasteiger partial charge in [0.15, 0.2) is 0 Å². The van der Waals surface area contributed by atoms with Gasteiger partial charge in [-0.15, -0.1) is 23.2 Å². The van der Waals surface area contributed by atoms with Gasteiger partial charge < -0.3 is 5.73 Å². The van der Waals surface area contributed by atoms with E-state index in [0.717, 1.165) is 5.69 Å². The van der Waals surface area contributed by atoms with E-state index in [1.54, 1.807) is 16.8 Å². The molecule has 1 heterocycles. The first-order chi connectivity index (χ1) is 5.34. The van der Waals surface area contributed by atoms with E-state index in [4.69, 9.17) is 5.73 Å². The van der Waals surface area contributed by atoms with Crippen molar-refractivity contribution in [3.63, 3.8) is 0 Å². The Kier molecular flexibility index (Phi) is 3.09. The lowest BCUT2D eigenvalue weighted by atomic mass is 10.2. The highest BCUT2D eigenvalue weighted by Crippen LogP contribution is 2.12. The molecule has 0 fully saturated rings. The molecule has 1 rings (SSSR count). The van der Waals surface area contributed by atoms with Gasteiger partial charge in [0, 0.05) is 11.8 Å². The van der Waals surface area contributed by atoms with Crippen molar-refractivity contribution >= 4 is 11.3 Å². The van der Waals surface area contributed by atoms with E-state index in [-0.39, 0.29) is 6.04 Å². The molecule has 0 saturated carbocycles. The molecule has 0 aliphatic rings. The minimum absolute atomic E-state index is 0.0197. The van der Waals surface area contributed by atoms with Crippen LogP contribution in [0.5, 0.6) is 0 Å². The van der Waals surface area contributed by atoms with Crippen LogP contribution in [0.2, 0.25) is 0 Å². The van der Waals surface area contributed by atoms with Crippen molar-refractivity contribution in [3.05, 3.63) is 16.6 Å². The van der Waals surface area contributed by atoms with E-state index in [0.29, 0.717) is 6.42 Å². The number of aromatic nitrogens is 1. The molecule has 0 aromatic carbocycles. The minimum atomic E-state index is -0.0197. The molecule has 0 saturated heterocycles. The van der Waals surface area contributed by atoms with Crippen molar-refractivity contribution in [1.82, 2.24) is 4.98 Å². The van der Waals surface area contributed by atoms with Crippen LogP contribution < -0.4 is 5.73 Å². The molecule has 0 aliphatic carbocycles. The van der Waals surface area contributed by atoms with Crippen LogP contribution in [-0.2, 0) is 0 Å². The zero-order valence-electron chi connectivity index (χ0n) is 6.37. The zero-order chi connectivity index (χ0) is 8.10. The van der Waals surface area contributed by atoms with Crippen molar-refractivity contribution in [1.29, 1.82) is 0 Å². The van der Waals surface area contributed by atoms with Crippen LogP contribution >= 0.6 is 11.3 Å². The van der Waals surface area contributed by atoms with E-state index in [1.807, 2.05) is 12.3 Å². The molecule has 58 valence electrons. The summed E-state index contributed by atoms with van der Waals surface area (Å²) in [6, 6.07) is -0.0197. The van der Waals surface area contributed by atoms with Gasteiger partial charge in [-0.05, 0) is 6.92 Å². The molecule has 3 heteroatoms. The number of nitrogens with zero attached hydrogens (tertiary/aromatic N) is 1. The summed E-state index contributed by atoms with van der Waals surface area (Å²) >= 11 is 1.56. The lowest BCUT2D eigenvalue weighted by Crippen LogP contribution is -2.09. The average molecular weight is 166 g/mol. The fraction of sp³-hybridized carbons (Fsp3) is 0.375. The van der Waals surface area contributed by atoms with E-state index >= 15 is 0 Å². The Morgan fingerprint density at radius 3 is 3.18 bits per heavy atom. The molecule has 1 unspecified atom stereocenters. The van der Waals surface area contributed by atoms with Crippen LogP contribution in [0, 0.1) is 11.8 Å². The van der Waals surface area contributed by atoms with Gasteiger partial charge in [0.05, 0.1) is 17.2 Å². The zero-order valence-corrected chi connectivity index (χ0v) is 7.19. The summed E-state index contributed by atoms with van der Waals surface area (Å²) in [5, 5.41) is 1.96. The van der Waals surface area contributed by atoms with Crippen LogP contribution in [0.15, 0.2) is 10.9 Å². The first-order valence-electron chi connectivity index (χ1n) is 3.38. The molecular weight excluding hydrogens is 156 g/mol. The number of thiazole rings is 1. The predicted octanol–water partition coefficient (Wildman–Crippen LogP) is 1.56. The predicted molar refractivity (Wildman–Crippen MR) is 47.1 cm³/mol. The summed E-state index contributed by atoms with van der Waals surface area (Å²) in [5.74, 6) is 5.73. The molecule has 0 aliphatic heterocycles. The van der Waals surface area contributed by atoms with Gasteiger partial charge in [-0.3, -0.25) is 0 Å². The van der Waals surface area contributed by atoms with Gasteiger partial charge in [0.2, 0.25) is 0 Å². The van der Waals surface area contributed by atoms with Crippen molar-refractivity contribution in [2.24, 2.45) is 5.73 Å². The quantitative estimate of drug-likeness (QED) is 0.677. The first kappa shape index (κ1) is 8.25. The summed E-state index contributed by atoms with van der Waals surface area (Å²) in [4.78, 5) is 4.09. The van der Waals surface area contributed by atoms with Crippen LogP contribution in [-0.4, -0.2) is 4.98 Å².